The molecule has 2 aromatic rings. The van der Waals surface area contributed by atoms with Crippen LogP contribution in [0, 0.1) is 0 Å². The summed E-state index contributed by atoms with van der Waals surface area (Å²) in [7, 11) is 2.00. The van der Waals surface area contributed by atoms with Crippen molar-refractivity contribution < 1.29 is 4.52 Å². The molecule has 15 heavy (non-hydrogen) atoms. The highest BCUT2D eigenvalue weighted by Gasteiger charge is 2.10. The van der Waals surface area contributed by atoms with Crippen molar-refractivity contribution >= 4 is 16.8 Å². The second kappa shape index (κ2) is 4.31. The fraction of sp³-hybridized carbons (Fsp3) is 0.364. The Kier molecular flexibility index (Phi) is 2.87. The number of rotatable bonds is 4. The molecule has 2 N–H and O–H groups in total. The first-order valence-electron chi connectivity index (χ1n) is 5.08. The van der Waals surface area contributed by atoms with Gasteiger partial charge in [-0.1, -0.05) is 17.3 Å². The molecule has 2 rings (SSSR count). The number of nitrogens with zero attached hydrogens (tertiary/aromatic N) is 2. The minimum absolute atomic E-state index is 0.695. The highest BCUT2D eigenvalue weighted by atomic mass is 16.5. The summed E-state index contributed by atoms with van der Waals surface area (Å²) in [5.74, 6) is 0.888. The smallest absolute Gasteiger partial charge is 0.179 e. The number of para-hydroxylation sites is 1. The van der Waals surface area contributed by atoms with Crippen molar-refractivity contribution in [1.82, 2.24) is 5.16 Å². The first-order valence-corrected chi connectivity index (χ1v) is 5.08. The second-order valence-electron chi connectivity index (χ2n) is 3.57. The van der Waals surface area contributed by atoms with Gasteiger partial charge in [0.1, 0.15) is 0 Å². The second-order valence-corrected chi connectivity index (χ2v) is 3.57. The van der Waals surface area contributed by atoms with E-state index in [2.05, 4.69) is 10.1 Å². The van der Waals surface area contributed by atoms with Crippen molar-refractivity contribution in [2.24, 2.45) is 5.73 Å². The van der Waals surface area contributed by atoms with E-state index in [0.29, 0.717) is 6.54 Å². The molecule has 1 aromatic carbocycles. The van der Waals surface area contributed by atoms with Crippen molar-refractivity contribution in [3.63, 3.8) is 0 Å². The third kappa shape index (κ3) is 1.94. The molecule has 1 aromatic heterocycles. The molecule has 0 spiro atoms. The Morgan fingerprint density at radius 1 is 1.40 bits per heavy atom. The molecule has 0 saturated heterocycles. The topological polar surface area (TPSA) is 55.3 Å². The zero-order chi connectivity index (χ0) is 10.7. The maximum absolute atomic E-state index is 5.47. The Morgan fingerprint density at radius 2 is 2.20 bits per heavy atom. The fourth-order valence-electron chi connectivity index (χ4n) is 1.58. The molecule has 80 valence electrons. The summed E-state index contributed by atoms with van der Waals surface area (Å²) < 4.78 is 5.23. The lowest BCUT2D eigenvalue weighted by Gasteiger charge is -2.14. The molecule has 4 nitrogen and oxygen atoms in total. The largest absolute Gasteiger partial charge is 0.356 e. The van der Waals surface area contributed by atoms with E-state index in [0.717, 1.165) is 29.8 Å². The SMILES string of the molecule is CN(CCCN)c1noc2ccccc12. The van der Waals surface area contributed by atoms with Crippen LogP contribution in [0.2, 0.25) is 0 Å². The van der Waals surface area contributed by atoms with Gasteiger partial charge in [0.2, 0.25) is 0 Å². The zero-order valence-corrected chi connectivity index (χ0v) is 8.81. The van der Waals surface area contributed by atoms with Crippen LogP contribution in [0.4, 0.5) is 5.82 Å². The molecule has 0 aliphatic heterocycles. The monoisotopic (exact) mass is 205 g/mol. The first-order chi connectivity index (χ1) is 7.33. The predicted octanol–water partition coefficient (Wildman–Crippen LogP) is 1.61. The van der Waals surface area contributed by atoms with E-state index in [4.69, 9.17) is 10.3 Å². The normalized spacial score (nSPS) is 10.8. The van der Waals surface area contributed by atoms with Crippen LogP contribution in [0.3, 0.4) is 0 Å². The first kappa shape index (κ1) is 9.98. The molecule has 0 bridgehead atoms. The van der Waals surface area contributed by atoms with Gasteiger partial charge in [-0.25, -0.2) is 0 Å². The molecular formula is C11H15N3O. The van der Waals surface area contributed by atoms with Crippen LogP contribution < -0.4 is 10.6 Å². The van der Waals surface area contributed by atoms with Crippen molar-refractivity contribution in [3.05, 3.63) is 24.3 Å². The van der Waals surface area contributed by atoms with Crippen LogP contribution in [-0.4, -0.2) is 25.3 Å². The van der Waals surface area contributed by atoms with E-state index in [-0.39, 0.29) is 0 Å². The van der Waals surface area contributed by atoms with Gasteiger partial charge in [0, 0.05) is 13.6 Å². The maximum atomic E-state index is 5.47. The number of fused-ring (bicyclic) bond motifs is 1. The zero-order valence-electron chi connectivity index (χ0n) is 8.81. The Labute approximate surface area is 88.6 Å². The lowest BCUT2D eigenvalue weighted by molar-refractivity contribution is 0.455. The van der Waals surface area contributed by atoms with Gasteiger partial charge in [0.05, 0.1) is 5.39 Å². The van der Waals surface area contributed by atoms with Gasteiger partial charge in [-0.3, -0.25) is 0 Å². The number of hydrogen-bond donors (Lipinski definition) is 1. The Morgan fingerprint density at radius 3 is 3.00 bits per heavy atom. The van der Waals surface area contributed by atoms with Gasteiger partial charge in [-0.15, -0.1) is 0 Å². The van der Waals surface area contributed by atoms with Crippen LogP contribution in [0.5, 0.6) is 0 Å². The summed E-state index contributed by atoms with van der Waals surface area (Å²) in [5.41, 5.74) is 6.30. The molecule has 1 heterocycles. The Balaban J connectivity index is 2.27. The van der Waals surface area contributed by atoms with Crippen molar-refractivity contribution in [2.45, 2.75) is 6.42 Å². The molecule has 0 atom stereocenters. The average molecular weight is 205 g/mol. The van der Waals surface area contributed by atoms with Crippen molar-refractivity contribution in [1.29, 1.82) is 0 Å². The summed E-state index contributed by atoms with van der Waals surface area (Å²) in [6.07, 6.45) is 0.956. The highest BCUT2D eigenvalue weighted by molar-refractivity contribution is 5.88. The van der Waals surface area contributed by atoms with Crippen LogP contribution in [0.15, 0.2) is 28.8 Å². The molecule has 0 amide bonds. The number of aromatic nitrogens is 1. The van der Waals surface area contributed by atoms with E-state index in [1.54, 1.807) is 0 Å². The Hall–Kier alpha value is -1.55. The minimum atomic E-state index is 0.695. The summed E-state index contributed by atoms with van der Waals surface area (Å²) in [6, 6.07) is 7.86. The van der Waals surface area contributed by atoms with Gasteiger partial charge in [0.15, 0.2) is 11.4 Å². The van der Waals surface area contributed by atoms with E-state index in [1.807, 2.05) is 31.3 Å². The van der Waals surface area contributed by atoms with Crippen LogP contribution in [-0.2, 0) is 0 Å². The lowest BCUT2D eigenvalue weighted by Crippen LogP contribution is -2.21. The standard InChI is InChI=1S/C11H15N3O/c1-14(8-4-7-12)11-9-5-2-3-6-10(9)15-13-11/h2-3,5-6H,4,7-8,12H2,1H3. The molecule has 0 fully saturated rings. The highest BCUT2D eigenvalue weighted by Crippen LogP contribution is 2.24. The van der Waals surface area contributed by atoms with E-state index >= 15 is 0 Å². The van der Waals surface area contributed by atoms with E-state index in [9.17, 15) is 0 Å². The number of nitrogens with two attached hydrogens (primary N) is 1. The van der Waals surface area contributed by atoms with Crippen LogP contribution in [0.1, 0.15) is 6.42 Å². The summed E-state index contributed by atoms with van der Waals surface area (Å²) >= 11 is 0. The fourth-order valence-corrected chi connectivity index (χ4v) is 1.58. The molecule has 0 aliphatic carbocycles. The molecule has 0 unspecified atom stereocenters. The average Bonchev–Trinajstić information content (AvgIpc) is 2.69. The van der Waals surface area contributed by atoms with Gasteiger partial charge in [0.25, 0.3) is 0 Å². The van der Waals surface area contributed by atoms with Crippen molar-refractivity contribution in [2.75, 3.05) is 25.0 Å². The van der Waals surface area contributed by atoms with Gasteiger partial charge in [-0.05, 0) is 25.1 Å². The summed E-state index contributed by atoms with van der Waals surface area (Å²) in [6.45, 7) is 1.59. The molecule has 0 aliphatic rings. The summed E-state index contributed by atoms with van der Waals surface area (Å²) in [4.78, 5) is 2.07. The van der Waals surface area contributed by atoms with Crippen molar-refractivity contribution in [3.8, 4) is 0 Å². The van der Waals surface area contributed by atoms with Gasteiger partial charge >= 0.3 is 0 Å². The molecular weight excluding hydrogens is 190 g/mol. The van der Waals surface area contributed by atoms with Gasteiger partial charge in [-0.2, -0.15) is 0 Å². The minimum Gasteiger partial charge on any atom is -0.356 e. The quantitative estimate of drug-likeness (QED) is 0.824. The third-order valence-corrected chi connectivity index (χ3v) is 2.42. The maximum Gasteiger partial charge on any atom is 0.179 e. The lowest BCUT2D eigenvalue weighted by atomic mass is 10.2. The molecule has 0 radical (unpaired) electrons. The number of benzene rings is 1. The molecule has 0 saturated carbocycles. The number of hydrogen-bond acceptors (Lipinski definition) is 4. The van der Waals surface area contributed by atoms with Crippen LogP contribution in [0.25, 0.3) is 11.0 Å². The molecule has 4 heteroatoms. The predicted molar refractivity (Wildman–Crippen MR) is 61.0 cm³/mol. The summed E-state index contributed by atoms with van der Waals surface area (Å²) in [5, 5.41) is 5.11. The van der Waals surface area contributed by atoms with E-state index in [1.165, 1.54) is 0 Å². The Bertz CT molecular complexity index is 438. The van der Waals surface area contributed by atoms with Gasteiger partial charge < -0.3 is 15.2 Å². The number of anilines is 1. The van der Waals surface area contributed by atoms with E-state index < -0.39 is 0 Å². The third-order valence-electron chi connectivity index (χ3n) is 2.42. The van der Waals surface area contributed by atoms with Crippen LogP contribution >= 0.6 is 0 Å².